The first kappa shape index (κ1) is 16.3. The fourth-order valence-corrected chi connectivity index (χ4v) is 4.49. The fourth-order valence-electron chi connectivity index (χ4n) is 2.74. The van der Waals surface area contributed by atoms with E-state index in [1.54, 1.807) is 22.5 Å². The van der Waals surface area contributed by atoms with Crippen LogP contribution < -0.4 is 10.5 Å². The molecule has 6 heteroatoms. The third-order valence-corrected chi connectivity index (χ3v) is 5.91. The summed E-state index contributed by atoms with van der Waals surface area (Å²) in [6.07, 6.45) is 2.93. The first-order valence-electron chi connectivity index (χ1n) is 7.48. The first-order valence-corrected chi connectivity index (χ1v) is 8.92. The zero-order valence-corrected chi connectivity index (χ0v) is 13.5. The number of nitrogens with two attached hydrogens (primary N) is 1. The normalized spacial score (nSPS) is 20.4. The van der Waals surface area contributed by atoms with Gasteiger partial charge in [0.1, 0.15) is 5.75 Å². The van der Waals surface area contributed by atoms with E-state index in [1.807, 2.05) is 13.8 Å². The predicted molar refractivity (Wildman–Crippen MR) is 82.7 cm³/mol. The lowest BCUT2D eigenvalue weighted by molar-refractivity contribution is 0.268. The van der Waals surface area contributed by atoms with Gasteiger partial charge in [0.05, 0.1) is 11.5 Å². The topological polar surface area (TPSA) is 72.6 Å². The highest BCUT2D eigenvalue weighted by Gasteiger charge is 2.31. The summed E-state index contributed by atoms with van der Waals surface area (Å²) in [5.41, 5.74) is 6.44. The van der Waals surface area contributed by atoms with Crippen molar-refractivity contribution in [2.24, 2.45) is 5.73 Å². The molecule has 0 aliphatic carbocycles. The van der Waals surface area contributed by atoms with Gasteiger partial charge in [-0.25, -0.2) is 8.42 Å². The van der Waals surface area contributed by atoms with E-state index < -0.39 is 10.0 Å². The highest BCUT2D eigenvalue weighted by Crippen LogP contribution is 2.28. The lowest BCUT2D eigenvalue weighted by atomic mass is 10.1. The second-order valence-corrected chi connectivity index (χ2v) is 7.26. The Labute approximate surface area is 127 Å². The van der Waals surface area contributed by atoms with Crippen LogP contribution in [-0.2, 0) is 16.6 Å². The summed E-state index contributed by atoms with van der Waals surface area (Å²) in [4.78, 5) is 0.306. The average Bonchev–Trinajstić information content (AvgIpc) is 2.48. The van der Waals surface area contributed by atoms with Gasteiger partial charge in [-0.05, 0) is 44.9 Å². The molecule has 21 heavy (non-hydrogen) atoms. The summed E-state index contributed by atoms with van der Waals surface area (Å²) in [5, 5.41) is 0. The Morgan fingerprint density at radius 2 is 2.14 bits per heavy atom. The maximum absolute atomic E-state index is 12.8. The van der Waals surface area contributed by atoms with E-state index >= 15 is 0 Å². The average molecular weight is 312 g/mol. The zero-order valence-electron chi connectivity index (χ0n) is 12.7. The van der Waals surface area contributed by atoms with Crippen molar-refractivity contribution in [3.63, 3.8) is 0 Å². The number of rotatable bonds is 5. The molecule has 1 unspecified atom stereocenters. The van der Waals surface area contributed by atoms with E-state index in [9.17, 15) is 8.42 Å². The minimum absolute atomic E-state index is 0.0524. The number of sulfonamides is 1. The van der Waals surface area contributed by atoms with Crippen molar-refractivity contribution in [2.75, 3.05) is 13.2 Å². The van der Waals surface area contributed by atoms with Gasteiger partial charge < -0.3 is 10.5 Å². The Balaban J connectivity index is 2.35. The van der Waals surface area contributed by atoms with Crippen molar-refractivity contribution in [2.45, 2.75) is 50.6 Å². The van der Waals surface area contributed by atoms with Crippen LogP contribution in [0.4, 0.5) is 0 Å². The van der Waals surface area contributed by atoms with Crippen LogP contribution in [0.15, 0.2) is 23.1 Å². The summed E-state index contributed by atoms with van der Waals surface area (Å²) in [6, 6.07) is 5.01. The van der Waals surface area contributed by atoms with Crippen molar-refractivity contribution in [1.82, 2.24) is 4.31 Å². The second kappa shape index (κ2) is 6.77. The summed E-state index contributed by atoms with van der Waals surface area (Å²) < 4.78 is 32.6. The van der Waals surface area contributed by atoms with E-state index in [0.29, 0.717) is 23.8 Å². The van der Waals surface area contributed by atoms with Crippen LogP contribution in [0.1, 0.15) is 38.7 Å². The van der Waals surface area contributed by atoms with Crippen LogP contribution in [0.3, 0.4) is 0 Å². The summed E-state index contributed by atoms with van der Waals surface area (Å²) >= 11 is 0. The summed E-state index contributed by atoms with van der Waals surface area (Å²) in [5.74, 6) is 0.658. The number of benzene rings is 1. The molecule has 1 aliphatic heterocycles. The fraction of sp³-hybridized carbons (Fsp3) is 0.600. The molecule has 1 atom stereocenters. The molecule has 2 N–H and O–H groups in total. The smallest absolute Gasteiger partial charge is 0.243 e. The van der Waals surface area contributed by atoms with Crippen molar-refractivity contribution >= 4 is 10.0 Å². The Bertz CT molecular complexity index is 587. The predicted octanol–water partition coefficient (Wildman–Crippen LogP) is 2.11. The molecule has 0 radical (unpaired) electrons. The highest BCUT2D eigenvalue weighted by atomic mass is 32.2. The van der Waals surface area contributed by atoms with Crippen LogP contribution >= 0.6 is 0 Å². The molecular formula is C15H24N2O3S. The molecular weight excluding hydrogens is 288 g/mol. The minimum atomic E-state index is -3.45. The van der Waals surface area contributed by atoms with Crippen molar-refractivity contribution < 1.29 is 13.2 Å². The molecule has 0 spiro atoms. The van der Waals surface area contributed by atoms with Crippen LogP contribution in [0.2, 0.25) is 0 Å². The van der Waals surface area contributed by atoms with Crippen LogP contribution in [0.5, 0.6) is 5.75 Å². The quantitative estimate of drug-likeness (QED) is 0.904. The zero-order chi connectivity index (χ0) is 15.5. The Morgan fingerprint density at radius 1 is 1.38 bits per heavy atom. The lowest BCUT2D eigenvalue weighted by Gasteiger charge is -2.32. The Kier molecular flexibility index (Phi) is 5.24. The molecule has 1 aromatic rings. The SMILES string of the molecule is CCOc1ccc(S(=O)(=O)N2CCCCC2C)cc1CN. The van der Waals surface area contributed by atoms with Gasteiger partial charge in [-0.3, -0.25) is 0 Å². The number of piperidine rings is 1. The third kappa shape index (κ3) is 3.39. The van der Waals surface area contributed by atoms with Gasteiger partial charge >= 0.3 is 0 Å². The summed E-state index contributed by atoms with van der Waals surface area (Å²) in [7, 11) is -3.45. The molecule has 118 valence electrons. The van der Waals surface area contributed by atoms with Crippen LogP contribution in [0.25, 0.3) is 0 Å². The molecule has 0 aromatic heterocycles. The highest BCUT2D eigenvalue weighted by molar-refractivity contribution is 7.89. The third-order valence-electron chi connectivity index (χ3n) is 3.90. The maximum Gasteiger partial charge on any atom is 0.243 e. The van der Waals surface area contributed by atoms with E-state index in [0.717, 1.165) is 24.8 Å². The number of hydrogen-bond donors (Lipinski definition) is 1. The molecule has 0 bridgehead atoms. The van der Waals surface area contributed by atoms with Crippen LogP contribution in [0, 0.1) is 0 Å². The Morgan fingerprint density at radius 3 is 2.76 bits per heavy atom. The first-order chi connectivity index (χ1) is 10.0. The monoisotopic (exact) mass is 312 g/mol. The Hall–Kier alpha value is -1.11. The van der Waals surface area contributed by atoms with Gasteiger partial charge in [0.15, 0.2) is 0 Å². The summed E-state index contributed by atoms with van der Waals surface area (Å²) in [6.45, 7) is 5.24. The molecule has 1 saturated heterocycles. The van der Waals surface area contributed by atoms with Gasteiger partial charge in [0.25, 0.3) is 0 Å². The maximum atomic E-state index is 12.8. The van der Waals surface area contributed by atoms with E-state index in [2.05, 4.69) is 0 Å². The molecule has 0 saturated carbocycles. The minimum Gasteiger partial charge on any atom is -0.494 e. The molecule has 1 aromatic carbocycles. The van der Waals surface area contributed by atoms with E-state index in [-0.39, 0.29) is 12.6 Å². The molecule has 1 fully saturated rings. The van der Waals surface area contributed by atoms with Crippen molar-refractivity contribution in [1.29, 1.82) is 0 Å². The van der Waals surface area contributed by atoms with Crippen LogP contribution in [-0.4, -0.2) is 31.9 Å². The van der Waals surface area contributed by atoms with Gasteiger partial charge in [-0.1, -0.05) is 6.42 Å². The van der Waals surface area contributed by atoms with Gasteiger partial charge in [0, 0.05) is 24.7 Å². The molecule has 5 nitrogen and oxygen atoms in total. The molecule has 1 heterocycles. The van der Waals surface area contributed by atoms with E-state index in [4.69, 9.17) is 10.5 Å². The number of ether oxygens (including phenoxy) is 1. The molecule has 2 rings (SSSR count). The van der Waals surface area contributed by atoms with E-state index in [1.165, 1.54) is 0 Å². The van der Waals surface area contributed by atoms with Gasteiger partial charge in [-0.2, -0.15) is 4.31 Å². The largest absolute Gasteiger partial charge is 0.494 e. The lowest BCUT2D eigenvalue weighted by Crippen LogP contribution is -2.41. The number of hydrogen-bond acceptors (Lipinski definition) is 4. The molecule has 0 amide bonds. The van der Waals surface area contributed by atoms with Gasteiger partial charge in [-0.15, -0.1) is 0 Å². The second-order valence-electron chi connectivity index (χ2n) is 5.37. The number of nitrogens with zero attached hydrogens (tertiary/aromatic N) is 1. The molecule has 1 aliphatic rings. The van der Waals surface area contributed by atoms with Crippen molar-refractivity contribution in [3.8, 4) is 5.75 Å². The van der Waals surface area contributed by atoms with Crippen molar-refractivity contribution in [3.05, 3.63) is 23.8 Å². The van der Waals surface area contributed by atoms with Gasteiger partial charge in [0.2, 0.25) is 10.0 Å². The standard InChI is InChI=1S/C15H24N2O3S/c1-3-20-15-8-7-14(10-13(15)11-16)21(18,19)17-9-5-4-6-12(17)2/h7-8,10,12H,3-6,9,11,16H2,1-2H3.